The molecular weight excluding hydrogens is 262 g/mol. The number of ether oxygens (including phenoxy) is 1. The molecule has 0 saturated carbocycles. The number of benzene rings is 1. The van der Waals surface area contributed by atoms with Gasteiger partial charge in [0.15, 0.2) is 0 Å². The normalized spacial score (nSPS) is 10.6. The van der Waals surface area contributed by atoms with Gasteiger partial charge in [0, 0.05) is 37.5 Å². The second kappa shape index (κ2) is 7.64. The van der Waals surface area contributed by atoms with Gasteiger partial charge < -0.3 is 10.1 Å². The van der Waals surface area contributed by atoms with E-state index in [0.717, 1.165) is 36.5 Å². The van der Waals surface area contributed by atoms with Crippen LogP contribution in [0.25, 0.3) is 0 Å². The van der Waals surface area contributed by atoms with Crippen LogP contribution < -0.4 is 10.1 Å². The van der Waals surface area contributed by atoms with Gasteiger partial charge in [-0.3, -0.25) is 4.68 Å². The Hall–Kier alpha value is -2.07. The second-order valence-corrected chi connectivity index (χ2v) is 4.94. The number of hydrogen-bond donors (Lipinski definition) is 1. The van der Waals surface area contributed by atoms with E-state index in [4.69, 9.17) is 4.74 Å². The van der Waals surface area contributed by atoms with Crippen LogP contribution in [0.5, 0.6) is 5.75 Å². The van der Waals surface area contributed by atoms with Gasteiger partial charge in [0.05, 0.1) is 5.69 Å². The first-order valence-electron chi connectivity index (χ1n) is 7.28. The summed E-state index contributed by atoms with van der Waals surface area (Å²) in [6, 6.07) is 8.08. The molecule has 2 rings (SSSR count). The SMILES string of the molecule is C=CCOc1ccccc1CNCc1cn(C)nc1CC. The third kappa shape index (κ3) is 4.20. The first-order chi connectivity index (χ1) is 10.2. The van der Waals surface area contributed by atoms with Crippen molar-refractivity contribution in [1.29, 1.82) is 0 Å². The summed E-state index contributed by atoms with van der Waals surface area (Å²) < 4.78 is 7.54. The molecule has 112 valence electrons. The lowest BCUT2D eigenvalue weighted by Gasteiger charge is -2.11. The van der Waals surface area contributed by atoms with Gasteiger partial charge in [-0.2, -0.15) is 5.10 Å². The van der Waals surface area contributed by atoms with Crippen molar-refractivity contribution >= 4 is 0 Å². The van der Waals surface area contributed by atoms with Gasteiger partial charge in [-0.25, -0.2) is 0 Å². The van der Waals surface area contributed by atoms with Crippen LogP contribution in [0.4, 0.5) is 0 Å². The van der Waals surface area contributed by atoms with E-state index in [0.29, 0.717) is 6.61 Å². The molecule has 4 nitrogen and oxygen atoms in total. The van der Waals surface area contributed by atoms with E-state index in [1.54, 1.807) is 6.08 Å². The minimum Gasteiger partial charge on any atom is -0.489 e. The van der Waals surface area contributed by atoms with Crippen LogP contribution in [-0.2, 0) is 26.6 Å². The largest absolute Gasteiger partial charge is 0.489 e. The molecule has 1 heterocycles. The van der Waals surface area contributed by atoms with Gasteiger partial charge in [-0.1, -0.05) is 37.8 Å². The number of nitrogens with zero attached hydrogens (tertiary/aromatic N) is 2. The Bertz CT molecular complexity index is 589. The fraction of sp³-hybridized carbons (Fsp3) is 0.353. The third-order valence-electron chi connectivity index (χ3n) is 3.29. The molecule has 0 unspecified atom stereocenters. The summed E-state index contributed by atoms with van der Waals surface area (Å²) in [6.45, 7) is 7.92. The molecule has 0 fully saturated rings. The lowest BCUT2D eigenvalue weighted by Crippen LogP contribution is -2.14. The monoisotopic (exact) mass is 285 g/mol. The van der Waals surface area contributed by atoms with Crippen molar-refractivity contribution in [3.63, 3.8) is 0 Å². The van der Waals surface area contributed by atoms with E-state index < -0.39 is 0 Å². The first kappa shape index (κ1) is 15.3. The summed E-state index contributed by atoms with van der Waals surface area (Å²) in [4.78, 5) is 0. The maximum absolute atomic E-state index is 5.66. The lowest BCUT2D eigenvalue weighted by atomic mass is 10.2. The van der Waals surface area contributed by atoms with E-state index in [1.807, 2.05) is 29.9 Å². The summed E-state index contributed by atoms with van der Waals surface area (Å²) >= 11 is 0. The fourth-order valence-corrected chi connectivity index (χ4v) is 2.30. The summed E-state index contributed by atoms with van der Waals surface area (Å²) in [5, 5.41) is 7.92. The van der Waals surface area contributed by atoms with Crippen LogP contribution in [-0.4, -0.2) is 16.4 Å². The first-order valence-corrected chi connectivity index (χ1v) is 7.28. The molecule has 21 heavy (non-hydrogen) atoms. The quantitative estimate of drug-likeness (QED) is 0.758. The van der Waals surface area contributed by atoms with Crippen LogP contribution in [0.15, 0.2) is 43.1 Å². The maximum atomic E-state index is 5.66. The Morgan fingerprint density at radius 3 is 2.81 bits per heavy atom. The number of hydrogen-bond acceptors (Lipinski definition) is 3. The highest BCUT2D eigenvalue weighted by Gasteiger charge is 2.06. The molecule has 0 aliphatic carbocycles. The van der Waals surface area contributed by atoms with Gasteiger partial charge in [0.25, 0.3) is 0 Å². The Kier molecular flexibility index (Phi) is 5.58. The molecule has 1 N–H and O–H groups in total. The van der Waals surface area contributed by atoms with Crippen LogP contribution >= 0.6 is 0 Å². The number of aryl methyl sites for hydroxylation is 2. The van der Waals surface area contributed by atoms with Crippen molar-refractivity contribution in [2.75, 3.05) is 6.61 Å². The average molecular weight is 285 g/mol. The van der Waals surface area contributed by atoms with E-state index in [2.05, 4.69) is 36.2 Å². The molecule has 0 amide bonds. The zero-order chi connectivity index (χ0) is 15.1. The van der Waals surface area contributed by atoms with Crippen molar-refractivity contribution in [3.05, 3.63) is 59.9 Å². The average Bonchev–Trinajstić information content (AvgIpc) is 2.86. The predicted molar refractivity (Wildman–Crippen MR) is 85.3 cm³/mol. The van der Waals surface area contributed by atoms with Crippen LogP contribution in [0.1, 0.15) is 23.7 Å². The maximum Gasteiger partial charge on any atom is 0.124 e. The minimum absolute atomic E-state index is 0.527. The number of nitrogens with one attached hydrogen (secondary N) is 1. The Balaban J connectivity index is 1.95. The summed E-state index contributed by atoms with van der Waals surface area (Å²) in [6.07, 6.45) is 4.79. The van der Waals surface area contributed by atoms with Gasteiger partial charge in [-0.15, -0.1) is 0 Å². The van der Waals surface area contributed by atoms with Crippen LogP contribution in [0.3, 0.4) is 0 Å². The number of aromatic nitrogens is 2. The van der Waals surface area contributed by atoms with E-state index >= 15 is 0 Å². The van der Waals surface area contributed by atoms with Crippen molar-refractivity contribution in [3.8, 4) is 5.75 Å². The van der Waals surface area contributed by atoms with Gasteiger partial charge in [-0.05, 0) is 12.5 Å². The molecule has 0 aliphatic rings. The zero-order valence-electron chi connectivity index (χ0n) is 12.8. The highest BCUT2D eigenvalue weighted by Crippen LogP contribution is 2.18. The van der Waals surface area contributed by atoms with Gasteiger partial charge >= 0.3 is 0 Å². The minimum atomic E-state index is 0.527. The predicted octanol–water partition coefficient (Wildman–Crippen LogP) is 2.84. The highest BCUT2D eigenvalue weighted by atomic mass is 16.5. The summed E-state index contributed by atoms with van der Waals surface area (Å²) in [5.41, 5.74) is 3.56. The van der Waals surface area contributed by atoms with Crippen LogP contribution in [0.2, 0.25) is 0 Å². The van der Waals surface area contributed by atoms with Gasteiger partial charge in [0.2, 0.25) is 0 Å². The molecule has 0 aliphatic heterocycles. The van der Waals surface area contributed by atoms with E-state index in [9.17, 15) is 0 Å². The van der Waals surface area contributed by atoms with Crippen LogP contribution in [0, 0.1) is 0 Å². The molecular formula is C17H23N3O. The van der Waals surface area contributed by atoms with Crippen molar-refractivity contribution in [2.45, 2.75) is 26.4 Å². The molecule has 0 bridgehead atoms. The Morgan fingerprint density at radius 2 is 2.05 bits per heavy atom. The van der Waals surface area contributed by atoms with Crippen molar-refractivity contribution in [2.24, 2.45) is 7.05 Å². The highest BCUT2D eigenvalue weighted by molar-refractivity contribution is 5.33. The Morgan fingerprint density at radius 1 is 1.29 bits per heavy atom. The molecule has 0 radical (unpaired) electrons. The topological polar surface area (TPSA) is 39.1 Å². The molecule has 0 spiro atoms. The van der Waals surface area contributed by atoms with Crippen molar-refractivity contribution < 1.29 is 4.74 Å². The molecule has 0 saturated heterocycles. The standard InChI is InChI=1S/C17H23N3O/c1-4-10-21-17-9-7-6-8-14(17)11-18-12-15-13-20(3)19-16(15)5-2/h4,6-9,13,18H,1,5,10-12H2,2-3H3. The molecule has 0 atom stereocenters. The molecule has 1 aromatic heterocycles. The molecule has 1 aromatic carbocycles. The zero-order valence-corrected chi connectivity index (χ0v) is 12.8. The molecule has 2 aromatic rings. The van der Waals surface area contributed by atoms with E-state index in [1.165, 1.54) is 5.56 Å². The second-order valence-electron chi connectivity index (χ2n) is 4.94. The molecule has 4 heteroatoms. The third-order valence-corrected chi connectivity index (χ3v) is 3.29. The van der Waals surface area contributed by atoms with E-state index in [-0.39, 0.29) is 0 Å². The fourth-order valence-electron chi connectivity index (χ4n) is 2.30. The summed E-state index contributed by atoms with van der Waals surface area (Å²) in [5.74, 6) is 0.909. The number of rotatable bonds is 8. The van der Waals surface area contributed by atoms with Gasteiger partial charge in [0.1, 0.15) is 12.4 Å². The summed E-state index contributed by atoms with van der Waals surface area (Å²) in [7, 11) is 1.96. The number of para-hydroxylation sites is 1. The Labute approximate surface area is 126 Å². The van der Waals surface area contributed by atoms with Crippen molar-refractivity contribution in [1.82, 2.24) is 15.1 Å². The lowest BCUT2D eigenvalue weighted by molar-refractivity contribution is 0.358. The smallest absolute Gasteiger partial charge is 0.124 e.